The average molecular weight is 486 g/mol. The van der Waals surface area contributed by atoms with Crippen LogP contribution in [-0.2, 0) is 4.79 Å². The van der Waals surface area contributed by atoms with Gasteiger partial charge in [0, 0.05) is 37.2 Å². The fraction of sp³-hybridized carbons (Fsp3) is 0.148. The molecule has 3 heterocycles. The van der Waals surface area contributed by atoms with E-state index in [1.807, 2.05) is 59.6 Å². The zero-order valence-corrected chi connectivity index (χ0v) is 19.7. The Morgan fingerprint density at radius 3 is 2.57 bits per heavy atom. The molecule has 4 aromatic rings. The van der Waals surface area contributed by atoms with Crippen molar-refractivity contribution in [2.45, 2.75) is 18.5 Å². The van der Waals surface area contributed by atoms with Gasteiger partial charge in [-0.2, -0.15) is 0 Å². The number of pyridine rings is 1. The minimum Gasteiger partial charge on any atom is -0.352 e. The third-order valence-electron chi connectivity index (χ3n) is 6.04. The van der Waals surface area contributed by atoms with Crippen molar-refractivity contribution in [2.24, 2.45) is 0 Å². The number of rotatable bonds is 7. The standard InChI is InChI=1S/C27H24FN5OS/c28-21-10-4-5-11-22(21)30-24(34)14-17-33-26(25(31-27(33)35)23-12-6-7-15-29-23)19-13-16-32(18-19)20-8-2-1-3-9-20/h1-13,15-16,18,25-26H,14,17H2,(H,30,34)(H,31,35)/t25-,26-/m0/s1. The molecule has 0 radical (unpaired) electrons. The van der Waals surface area contributed by atoms with Crippen molar-refractivity contribution >= 4 is 28.9 Å². The number of carbonyl (C=O) groups excluding carboxylic acids is 1. The molecule has 2 aromatic carbocycles. The molecule has 1 saturated heterocycles. The number of amides is 1. The Kier molecular flexibility index (Phi) is 6.54. The van der Waals surface area contributed by atoms with Gasteiger partial charge in [-0.25, -0.2) is 4.39 Å². The maximum atomic E-state index is 14.0. The van der Waals surface area contributed by atoms with Gasteiger partial charge in [0.2, 0.25) is 5.91 Å². The zero-order valence-electron chi connectivity index (χ0n) is 18.8. The molecule has 176 valence electrons. The number of carbonyl (C=O) groups is 1. The number of halogens is 1. The van der Waals surface area contributed by atoms with Crippen LogP contribution >= 0.6 is 12.2 Å². The number of hydrogen-bond acceptors (Lipinski definition) is 3. The molecule has 1 amide bonds. The van der Waals surface area contributed by atoms with E-state index in [0.29, 0.717) is 11.7 Å². The van der Waals surface area contributed by atoms with E-state index in [4.69, 9.17) is 12.2 Å². The summed E-state index contributed by atoms with van der Waals surface area (Å²) in [6.07, 6.45) is 6.01. The highest BCUT2D eigenvalue weighted by molar-refractivity contribution is 7.80. The van der Waals surface area contributed by atoms with Gasteiger partial charge in [0.05, 0.1) is 23.5 Å². The Morgan fingerprint density at radius 2 is 1.80 bits per heavy atom. The predicted molar refractivity (Wildman–Crippen MR) is 138 cm³/mol. The third kappa shape index (κ3) is 4.93. The molecular weight excluding hydrogens is 461 g/mol. The van der Waals surface area contributed by atoms with E-state index in [9.17, 15) is 9.18 Å². The number of anilines is 1. The molecule has 0 bridgehead atoms. The molecule has 1 aliphatic heterocycles. The van der Waals surface area contributed by atoms with Crippen LogP contribution in [0.1, 0.15) is 29.8 Å². The fourth-order valence-electron chi connectivity index (χ4n) is 4.36. The van der Waals surface area contributed by atoms with Crippen LogP contribution in [0.4, 0.5) is 10.1 Å². The van der Waals surface area contributed by atoms with Crippen LogP contribution in [0, 0.1) is 5.82 Å². The summed E-state index contributed by atoms with van der Waals surface area (Å²) < 4.78 is 16.0. The van der Waals surface area contributed by atoms with Crippen molar-refractivity contribution < 1.29 is 9.18 Å². The molecule has 0 aliphatic carbocycles. The molecule has 35 heavy (non-hydrogen) atoms. The van der Waals surface area contributed by atoms with Crippen LogP contribution in [0.25, 0.3) is 5.69 Å². The van der Waals surface area contributed by atoms with E-state index < -0.39 is 5.82 Å². The molecule has 5 rings (SSSR count). The second-order valence-electron chi connectivity index (χ2n) is 8.29. The Labute approximate surface area is 208 Å². The Morgan fingerprint density at radius 1 is 1.03 bits per heavy atom. The van der Waals surface area contributed by atoms with Crippen LogP contribution in [0.3, 0.4) is 0 Å². The minimum atomic E-state index is -0.463. The highest BCUT2D eigenvalue weighted by Crippen LogP contribution is 2.39. The summed E-state index contributed by atoms with van der Waals surface area (Å²) in [7, 11) is 0. The van der Waals surface area contributed by atoms with E-state index in [1.54, 1.807) is 24.4 Å². The van der Waals surface area contributed by atoms with E-state index in [0.717, 1.165) is 16.9 Å². The van der Waals surface area contributed by atoms with Gasteiger partial charge in [-0.15, -0.1) is 0 Å². The lowest BCUT2D eigenvalue weighted by atomic mass is 9.99. The molecule has 0 saturated carbocycles. The fourth-order valence-corrected chi connectivity index (χ4v) is 4.69. The number of nitrogens with zero attached hydrogens (tertiary/aromatic N) is 3. The lowest BCUT2D eigenvalue weighted by molar-refractivity contribution is -0.116. The Balaban J connectivity index is 1.39. The first-order valence-electron chi connectivity index (χ1n) is 11.4. The number of nitrogens with one attached hydrogen (secondary N) is 2. The van der Waals surface area contributed by atoms with Gasteiger partial charge in [0.15, 0.2) is 5.11 Å². The maximum Gasteiger partial charge on any atom is 0.226 e. The van der Waals surface area contributed by atoms with E-state index >= 15 is 0 Å². The number of para-hydroxylation sites is 2. The first kappa shape index (κ1) is 22.7. The summed E-state index contributed by atoms with van der Waals surface area (Å²) in [6.45, 7) is 0.372. The largest absolute Gasteiger partial charge is 0.352 e. The van der Waals surface area contributed by atoms with Crippen LogP contribution in [0.15, 0.2) is 97.5 Å². The normalized spacial score (nSPS) is 17.3. The first-order valence-corrected chi connectivity index (χ1v) is 11.8. The third-order valence-corrected chi connectivity index (χ3v) is 6.39. The molecule has 6 nitrogen and oxygen atoms in total. The van der Waals surface area contributed by atoms with E-state index in [1.165, 1.54) is 6.07 Å². The molecule has 1 aliphatic rings. The van der Waals surface area contributed by atoms with E-state index in [2.05, 4.69) is 32.4 Å². The summed E-state index contributed by atoms with van der Waals surface area (Å²) >= 11 is 5.69. The lowest BCUT2D eigenvalue weighted by Crippen LogP contribution is -2.32. The molecular formula is C27H24FN5OS. The Hall–Kier alpha value is -4.04. The monoisotopic (exact) mass is 485 g/mol. The second kappa shape index (κ2) is 10.1. The second-order valence-corrected chi connectivity index (χ2v) is 8.67. The van der Waals surface area contributed by atoms with Gasteiger partial charge >= 0.3 is 0 Å². The highest BCUT2D eigenvalue weighted by Gasteiger charge is 2.40. The lowest BCUT2D eigenvalue weighted by Gasteiger charge is -2.27. The molecule has 0 unspecified atom stereocenters. The minimum absolute atomic E-state index is 0.154. The smallest absolute Gasteiger partial charge is 0.226 e. The van der Waals surface area contributed by atoms with Gasteiger partial charge in [-0.1, -0.05) is 36.4 Å². The topological polar surface area (TPSA) is 62.2 Å². The highest BCUT2D eigenvalue weighted by atomic mass is 32.1. The van der Waals surface area contributed by atoms with Gasteiger partial charge in [0.1, 0.15) is 5.82 Å². The van der Waals surface area contributed by atoms with Gasteiger partial charge < -0.3 is 20.1 Å². The van der Waals surface area contributed by atoms with Crippen LogP contribution in [0.5, 0.6) is 0 Å². The van der Waals surface area contributed by atoms with Crippen molar-refractivity contribution in [3.05, 3.63) is 115 Å². The van der Waals surface area contributed by atoms with Crippen LogP contribution in [0.2, 0.25) is 0 Å². The van der Waals surface area contributed by atoms with Gasteiger partial charge in [-0.3, -0.25) is 9.78 Å². The van der Waals surface area contributed by atoms with E-state index in [-0.39, 0.29) is 30.1 Å². The number of benzene rings is 2. The average Bonchev–Trinajstić information content (AvgIpc) is 3.50. The number of hydrogen-bond donors (Lipinski definition) is 2. The summed E-state index contributed by atoms with van der Waals surface area (Å²) in [5.41, 5.74) is 3.14. The molecule has 2 atom stereocenters. The number of aromatic nitrogens is 2. The summed E-state index contributed by atoms with van der Waals surface area (Å²) in [6, 6.07) is 23.7. The summed E-state index contributed by atoms with van der Waals surface area (Å²) in [5.74, 6) is -0.741. The maximum absolute atomic E-state index is 14.0. The quantitative estimate of drug-likeness (QED) is 0.360. The molecule has 0 spiro atoms. The van der Waals surface area contributed by atoms with Crippen molar-refractivity contribution in [3.8, 4) is 5.69 Å². The summed E-state index contributed by atoms with van der Waals surface area (Å²) in [4.78, 5) is 19.2. The number of thiocarbonyl (C=S) groups is 1. The van der Waals surface area contributed by atoms with Crippen molar-refractivity contribution in [1.29, 1.82) is 0 Å². The predicted octanol–water partition coefficient (Wildman–Crippen LogP) is 5.01. The van der Waals surface area contributed by atoms with Crippen molar-refractivity contribution in [3.63, 3.8) is 0 Å². The van der Waals surface area contributed by atoms with Crippen molar-refractivity contribution in [1.82, 2.24) is 19.8 Å². The summed E-state index contributed by atoms with van der Waals surface area (Å²) in [5, 5.41) is 6.60. The molecule has 2 aromatic heterocycles. The van der Waals surface area contributed by atoms with Gasteiger partial charge in [-0.05, 0) is 60.2 Å². The van der Waals surface area contributed by atoms with Crippen molar-refractivity contribution in [2.75, 3.05) is 11.9 Å². The molecule has 2 N–H and O–H groups in total. The van der Waals surface area contributed by atoms with Gasteiger partial charge in [0.25, 0.3) is 0 Å². The zero-order chi connectivity index (χ0) is 24.2. The first-order chi connectivity index (χ1) is 17.1. The van der Waals surface area contributed by atoms with Crippen LogP contribution < -0.4 is 10.6 Å². The SMILES string of the molecule is O=C(CCN1C(=S)N[C@@H](c2ccccn2)[C@@H]1c1ccn(-c2ccccc2)c1)Nc1ccccc1F. The molecule has 1 fully saturated rings. The molecule has 8 heteroatoms. The van der Waals surface area contributed by atoms with Crippen LogP contribution in [-0.4, -0.2) is 32.0 Å². The Bertz CT molecular complexity index is 1330.